The molecule has 0 fully saturated rings. The molecular formula is C22H18N2O6. The molecule has 0 bridgehead atoms. The lowest BCUT2D eigenvalue weighted by Crippen LogP contribution is -2.14. The van der Waals surface area contributed by atoms with Gasteiger partial charge < -0.3 is 18.9 Å². The van der Waals surface area contributed by atoms with E-state index in [0.29, 0.717) is 39.0 Å². The summed E-state index contributed by atoms with van der Waals surface area (Å²) in [6.45, 7) is -0.0745. The summed E-state index contributed by atoms with van der Waals surface area (Å²) >= 11 is 0. The molecule has 0 spiro atoms. The van der Waals surface area contributed by atoms with Gasteiger partial charge in [-0.05, 0) is 24.3 Å². The Bertz CT molecular complexity index is 1360. The number of hydrogen-bond donors (Lipinski definition) is 1. The number of aromatic nitrogens is 2. The van der Waals surface area contributed by atoms with Crippen LogP contribution >= 0.6 is 0 Å². The average Bonchev–Trinajstić information content (AvgIpc) is 2.75. The molecule has 0 unspecified atom stereocenters. The van der Waals surface area contributed by atoms with Crippen LogP contribution in [0.5, 0.6) is 5.75 Å². The lowest BCUT2D eigenvalue weighted by Gasteiger charge is -2.08. The lowest BCUT2D eigenvalue weighted by molar-refractivity contribution is -0.144. The lowest BCUT2D eigenvalue weighted by atomic mass is 10.1. The van der Waals surface area contributed by atoms with Crippen LogP contribution < -0.4 is 15.9 Å². The topological polar surface area (TPSA) is 111 Å². The highest BCUT2D eigenvalue weighted by molar-refractivity contribution is 5.82. The van der Waals surface area contributed by atoms with E-state index in [9.17, 15) is 14.4 Å². The van der Waals surface area contributed by atoms with Crippen LogP contribution in [0.2, 0.25) is 0 Å². The van der Waals surface area contributed by atoms with Crippen molar-refractivity contribution >= 4 is 27.8 Å². The smallest absolute Gasteiger partial charge is 0.336 e. The van der Waals surface area contributed by atoms with Crippen molar-refractivity contribution in [3.8, 4) is 5.75 Å². The van der Waals surface area contributed by atoms with E-state index in [0.717, 1.165) is 0 Å². The third-order valence-electron chi connectivity index (χ3n) is 4.65. The first-order valence-electron chi connectivity index (χ1n) is 9.28. The summed E-state index contributed by atoms with van der Waals surface area (Å²) < 4.78 is 15.6. The number of benzene rings is 2. The minimum Gasteiger partial charge on any atom is -0.497 e. The molecule has 0 atom stereocenters. The van der Waals surface area contributed by atoms with Gasteiger partial charge in [0.2, 0.25) is 0 Å². The molecule has 0 saturated carbocycles. The number of nitrogens with one attached hydrogen (secondary N) is 1. The molecule has 0 radical (unpaired) electrons. The Labute approximate surface area is 170 Å². The second kappa shape index (κ2) is 8.20. The van der Waals surface area contributed by atoms with Crippen LogP contribution in [0.3, 0.4) is 0 Å². The maximum absolute atomic E-state index is 12.2. The quantitative estimate of drug-likeness (QED) is 0.387. The van der Waals surface area contributed by atoms with Gasteiger partial charge in [0.05, 0.1) is 24.4 Å². The van der Waals surface area contributed by atoms with E-state index in [1.165, 1.54) is 13.2 Å². The SMILES string of the molecule is COc1ccc2c(COC(=O)CCc3nc4ccccc4c(=O)[nH]3)cc(=O)oc2c1. The number of ether oxygens (including phenoxy) is 2. The molecule has 8 heteroatoms. The van der Waals surface area contributed by atoms with Crippen molar-refractivity contribution in [3.05, 3.63) is 80.7 Å². The van der Waals surface area contributed by atoms with Gasteiger partial charge in [0.25, 0.3) is 5.56 Å². The van der Waals surface area contributed by atoms with Crippen molar-refractivity contribution in [2.24, 2.45) is 0 Å². The average molecular weight is 406 g/mol. The molecule has 2 aromatic carbocycles. The number of carbonyl (C=O) groups excluding carboxylic acids is 1. The van der Waals surface area contributed by atoms with Crippen molar-refractivity contribution < 1.29 is 18.7 Å². The van der Waals surface area contributed by atoms with Crippen molar-refractivity contribution in [2.45, 2.75) is 19.4 Å². The van der Waals surface area contributed by atoms with Gasteiger partial charge >= 0.3 is 11.6 Å². The second-order valence-corrected chi connectivity index (χ2v) is 6.64. The van der Waals surface area contributed by atoms with Gasteiger partial charge in [0.15, 0.2) is 0 Å². The van der Waals surface area contributed by atoms with Gasteiger partial charge in [-0.2, -0.15) is 0 Å². The molecule has 1 N–H and O–H groups in total. The number of methoxy groups -OCH3 is 1. The molecule has 2 heterocycles. The Balaban J connectivity index is 1.44. The third kappa shape index (κ3) is 4.07. The Morgan fingerprint density at radius 1 is 1.10 bits per heavy atom. The van der Waals surface area contributed by atoms with Crippen LogP contribution in [-0.2, 0) is 22.6 Å². The van der Waals surface area contributed by atoms with Gasteiger partial charge in [0.1, 0.15) is 23.8 Å². The summed E-state index contributed by atoms with van der Waals surface area (Å²) in [5.41, 5.74) is 0.671. The van der Waals surface area contributed by atoms with Crippen LogP contribution in [0.25, 0.3) is 21.9 Å². The molecule has 152 valence electrons. The maximum atomic E-state index is 12.2. The molecule has 4 aromatic rings. The van der Waals surface area contributed by atoms with E-state index in [2.05, 4.69) is 9.97 Å². The normalized spacial score (nSPS) is 11.0. The molecule has 4 rings (SSSR count). The first-order chi connectivity index (χ1) is 14.5. The summed E-state index contributed by atoms with van der Waals surface area (Å²) in [5.74, 6) is 0.492. The van der Waals surface area contributed by atoms with Gasteiger partial charge in [-0.25, -0.2) is 9.78 Å². The molecule has 2 aromatic heterocycles. The molecule has 30 heavy (non-hydrogen) atoms. The number of hydrogen-bond acceptors (Lipinski definition) is 7. The van der Waals surface area contributed by atoms with Crippen LogP contribution in [0.4, 0.5) is 0 Å². The minimum atomic E-state index is -0.542. The number of nitrogens with zero attached hydrogens (tertiary/aromatic N) is 1. The van der Waals surface area contributed by atoms with Crippen molar-refractivity contribution in [1.82, 2.24) is 9.97 Å². The fraction of sp³-hybridized carbons (Fsp3) is 0.182. The predicted molar refractivity (Wildman–Crippen MR) is 110 cm³/mol. The van der Waals surface area contributed by atoms with Gasteiger partial charge in [0, 0.05) is 29.5 Å². The first kappa shape index (κ1) is 19.4. The number of aryl methyl sites for hydroxylation is 1. The van der Waals surface area contributed by atoms with E-state index in [4.69, 9.17) is 13.9 Å². The molecular weight excluding hydrogens is 388 g/mol. The van der Waals surface area contributed by atoms with Crippen LogP contribution in [0, 0.1) is 0 Å². The van der Waals surface area contributed by atoms with E-state index < -0.39 is 11.6 Å². The van der Waals surface area contributed by atoms with E-state index in [1.807, 2.05) is 0 Å². The van der Waals surface area contributed by atoms with Crippen molar-refractivity contribution in [1.29, 1.82) is 0 Å². The minimum absolute atomic E-state index is 0.0362. The molecule has 0 amide bonds. The Morgan fingerprint density at radius 2 is 1.93 bits per heavy atom. The van der Waals surface area contributed by atoms with Crippen molar-refractivity contribution in [2.75, 3.05) is 7.11 Å². The highest BCUT2D eigenvalue weighted by Gasteiger charge is 2.11. The van der Waals surface area contributed by atoms with Gasteiger partial charge in [-0.1, -0.05) is 12.1 Å². The number of carbonyl (C=O) groups is 1. The largest absolute Gasteiger partial charge is 0.497 e. The molecule has 0 aliphatic carbocycles. The number of para-hydroxylation sites is 1. The Hall–Kier alpha value is -3.94. The number of H-pyrrole nitrogens is 1. The van der Waals surface area contributed by atoms with Crippen LogP contribution in [-0.4, -0.2) is 23.0 Å². The monoisotopic (exact) mass is 406 g/mol. The summed E-state index contributed by atoms with van der Waals surface area (Å²) in [7, 11) is 1.52. The number of esters is 1. The van der Waals surface area contributed by atoms with Gasteiger partial charge in [-0.3, -0.25) is 9.59 Å². The van der Waals surface area contributed by atoms with E-state index >= 15 is 0 Å². The summed E-state index contributed by atoms with van der Waals surface area (Å²) in [6, 6.07) is 13.4. The summed E-state index contributed by atoms with van der Waals surface area (Å²) in [5, 5.41) is 1.15. The molecule has 0 saturated heterocycles. The third-order valence-corrected chi connectivity index (χ3v) is 4.65. The summed E-state index contributed by atoms with van der Waals surface area (Å²) in [6.07, 6.45) is 0.266. The van der Waals surface area contributed by atoms with Gasteiger partial charge in [-0.15, -0.1) is 0 Å². The molecule has 0 aliphatic heterocycles. The zero-order valence-electron chi connectivity index (χ0n) is 16.1. The number of rotatable bonds is 6. The van der Waals surface area contributed by atoms with E-state index in [1.54, 1.807) is 42.5 Å². The highest BCUT2D eigenvalue weighted by atomic mass is 16.5. The Morgan fingerprint density at radius 3 is 2.77 bits per heavy atom. The van der Waals surface area contributed by atoms with Crippen LogP contribution in [0.1, 0.15) is 17.8 Å². The number of aromatic amines is 1. The first-order valence-corrected chi connectivity index (χ1v) is 9.28. The Kier molecular flexibility index (Phi) is 5.30. The zero-order chi connectivity index (χ0) is 21.1. The maximum Gasteiger partial charge on any atom is 0.336 e. The van der Waals surface area contributed by atoms with Crippen LogP contribution in [0.15, 0.2) is 62.5 Å². The second-order valence-electron chi connectivity index (χ2n) is 6.64. The molecule has 8 nitrogen and oxygen atoms in total. The fourth-order valence-corrected chi connectivity index (χ4v) is 3.16. The zero-order valence-corrected chi connectivity index (χ0v) is 16.1. The molecule has 0 aliphatic rings. The summed E-state index contributed by atoms with van der Waals surface area (Å²) in [4.78, 5) is 43.2. The predicted octanol–water partition coefficient (Wildman–Crippen LogP) is 2.71. The van der Waals surface area contributed by atoms with E-state index in [-0.39, 0.29) is 25.0 Å². The fourth-order valence-electron chi connectivity index (χ4n) is 3.16. The highest BCUT2D eigenvalue weighted by Crippen LogP contribution is 2.23. The standard InChI is InChI=1S/C22H18N2O6/c1-28-14-6-7-15-13(10-21(26)30-18(15)11-14)12-29-20(25)9-8-19-23-17-5-3-2-4-16(17)22(27)24-19/h2-7,10-11H,8-9,12H2,1H3,(H,23,24,27). The number of fused-ring (bicyclic) bond motifs is 2. The van der Waals surface area contributed by atoms with Crippen molar-refractivity contribution in [3.63, 3.8) is 0 Å².